The number of amides is 12. The molecule has 0 aromatic heterocycles. The number of nitrogens with one attached hydrogen (secondary N) is 11. The maximum absolute atomic E-state index is 14.7. The fourth-order valence-electron chi connectivity index (χ4n) is 11.7. The number of fused-ring (bicyclic) bond motifs is 15. The molecule has 0 radical (unpaired) electrons. The smallest absolute Gasteiger partial charge is 0.340 e. The Balaban J connectivity index is 0.000000788. The van der Waals surface area contributed by atoms with Crippen molar-refractivity contribution >= 4 is 122 Å². The van der Waals surface area contributed by atoms with Gasteiger partial charge < -0.3 is 119 Å². The highest BCUT2D eigenvalue weighted by Gasteiger charge is 2.54. The van der Waals surface area contributed by atoms with Gasteiger partial charge in [-0.1, -0.05) is 51.9 Å². The largest absolute Gasteiger partial charge is 0.508 e. The summed E-state index contributed by atoms with van der Waals surface area (Å²) >= 11 is 0.784. The number of rotatable bonds is 30. The summed E-state index contributed by atoms with van der Waals surface area (Å²) in [6.45, 7) is 5.93. The number of likely N-dealkylation sites (N-methyl/N-ethyl adjacent to an activating group) is 1. The quantitative estimate of drug-likeness (QED) is 0.00866. The molecule has 2 fully saturated rings. The van der Waals surface area contributed by atoms with Crippen LogP contribution in [0.4, 0.5) is 0 Å². The van der Waals surface area contributed by atoms with Crippen molar-refractivity contribution in [1.82, 2.24) is 58.5 Å². The van der Waals surface area contributed by atoms with Gasteiger partial charge in [0.1, 0.15) is 78.5 Å². The van der Waals surface area contributed by atoms with E-state index in [0.29, 0.717) is 62.9 Å². The van der Waals surface area contributed by atoms with Crippen molar-refractivity contribution in [2.24, 2.45) is 22.2 Å². The Bertz CT molecular complexity index is 4050. The van der Waals surface area contributed by atoms with Crippen LogP contribution in [0.15, 0.2) is 89.9 Å². The summed E-state index contributed by atoms with van der Waals surface area (Å²) in [6.07, 6.45) is -1.02. The number of aromatic hydroxyl groups is 2. The zero-order valence-corrected chi connectivity index (χ0v) is 65.0. The number of guanidine groups is 1. The van der Waals surface area contributed by atoms with Crippen LogP contribution in [0.3, 0.4) is 0 Å². The fraction of sp³-hybridized carbons (Fsp3) is 0.466. The molecule has 7 atom stereocenters. The molecule has 2 saturated heterocycles. The number of phenols is 2. The molecule has 0 saturated carbocycles. The minimum Gasteiger partial charge on any atom is -0.508 e. The van der Waals surface area contributed by atoms with Crippen molar-refractivity contribution in [2.75, 3.05) is 109 Å². The number of ether oxygens (including phenoxy) is 6. The fourth-order valence-corrected chi connectivity index (χ4v) is 14.9. The zero-order valence-electron chi connectivity index (χ0n) is 62.5. The van der Waals surface area contributed by atoms with E-state index in [1.807, 2.05) is 6.92 Å². The molecule has 4 aliphatic heterocycles. The Labute approximate surface area is 667 Å². The van der Waals surface area contributed by atoms with Crippen LogP contribution in [0.5, 0.6) is 23.0 Å². The Morgan fingerprint density at radius 1 is 0.588 bits per heavy atom. The first kappa shape index (κ1) is 90.2. The topological polar surface area (TPSA) is 578 Å². The molecule has 1 spiro atoms. The Morgan fingerprint density at radius 3 is 1.86 bits per heavy atom. The third-order valence-corrected chi connectivity index (χ3v) is 20.6. The van der Waals surface area contributed by atoms with Crippen LogP contribution in [-0.4, -0.2) is 255 Å². The van der Waals surface area contributed by atoms with Gasteiger partial charge in [-0.2, -0.15) is 0 Å². The molecule has 8 rings (SSSR count). The molecule has 618 valence electrons. The second-order valence-electron chi connectivity index (χ2n) is 25.8. The highest BCUT2D eigenvalue weighted by molar-refractivity contribution is 8.76. The number of aliphatic imine (C=N–C) groups is 1. The van der Waals surface area contributed by atoms with E-state index in [0.717, 1.165) is 33.3 Å². The third-order valence-electron chi connectivity index (χ3n) is 17.2. The summed E-state index contributed by atoms with van der Waals surface area (Å²) in [7, 11) is 2.01. The first-order chi connectivity index (χ1) is 54.7. The van der Waals surface area contributed by atoms with Gasteiger partial charge in [0.25, 0.3) is 5.91 Å². The van der Waals surface area contributed by atoms with Crippen molar-refractivity contribution in [3.05, 3.63) is 118 Å². The van der Waals surface area contributed by atoms with E-state index in [2.05, 4.69) is 63.5 Å². The summed E-state index contributed by atoms with van der Waals surface area (Å²) in [4.78, 5) is 193. The molecule has 20 N–H and O–H groups in total. The van der Waals surface area contributed by atoms with Crippen LogP contribution >= 0.6 is 33.3 Å². The number of carbonyl (C=O) groups excluding carboxylic acids is 13. The minimum atomic E-state index is -1.88. The summed E-state index contributed by atoms with van der Waals surface area (Å²) in [5.41, 5.74) is 16.0. The molecule has 12 amide bonds. The van der Waals surface area contributed by atoms with Crippen molar-refractivity contribution < 1.29 is 111 Å². The lowest BCUT2D eigenvalue weighted by molar-refractivity contribution is -0.141. The number of carboxylic acids is 1. The number of aliphatic carboxylic acids is 1. The normalized spacial score (nSPS) is 20.0. The first-order valence-electron chi connectivity index (χ1n) is 36.4. The van der Waals surface area contributed by atoms with E-state index in [9.17, 15) is 82.4 Å². The zero-order chi connectivity index (χ0) is 82.7. The number of esters is 1. The molecule has 4 aliphatic rings. The highest BCUT2D eigenvalue weighted by Crippen LogP contribution is 2.57. The maximum atomic E-state index is 14.7. The molecule has 0 unspecified atom stereocenters. The lowest BCUT2D eigenvalue weighted by atomic mass is 9.77. The van der Waals surface area contributed by atoms with E-state index >= 15 is 0 Å². The number of primary amides is 1. The molecular formula is C73H95N15O23S3. The number of nitrogens with zero attached hydrogens (tertiary/aromatic N) is 1. The number of carbonyl (C=O) groups is 14. The van der Waals surface area contributed by atoms with Gasteiger partial charge in [-0.05, 0) is 94.0 Å². The van der Waals surface area contributed by atoms with Crippen molar-refractivity contribution in [3.8, 4) is 23.0 Å². The molecule has 114 heavy (non-hydrogen) atoms. The molecule has 4 aromatic rings. The van der Waals surface area contributed by atoms with Gasteiger partial charge in [0, 0.05) is 90.9 Å². The number of hydrogen-bond acceptors (Lipinski definition) is 26. The van der Waals surface area contributed by atoms with Gasteiger partial charge in [-0.3, -0.25) is 67.3 Å². The van der Waals surface area contributed by atoms with E-state index in [4.69, 9.17) is 45.6 Å². The Morgan fingerprint density at radius 2 is 1.20 bits per heavy atom. The average Bonchev–Trinajstić information content (AvgIpc) is 1.53. The van der Waals surface area contributed by atoms with E-state index in [-0.39, 0.29) is 134 Å². The average molecular weight is 1650 g/mol. The van der Waals surface area contributed by atoms with Crippen LogP contribution in [0.2, 0.25) is 0 Å². The standard InChI is InChI=1S/C61H71N13O17S3.C12H24N2O6/c1-2-64-53(83)44-28-93-94-29-45-58(88)70-39(12-8-20-66-60(62)63)52(82)67-26-48(77)69-42(25-50(79)80)56(86)72-43(57(87)71-41(55(85)73-44)21-31-9-4-3-5-10-31)27-92-30-49(78)68-40(54(84)74-45)11-6-7-19-65-51(81)32-13-16-35-38(22-32)61(91-59(35)89)36-17-14-33(75)23-46(36)90-47-24-34(76)15-18-37(47)61;1-2-17-5-6-19-8-7-18-4-3-14-12(16)10-20-9-11(13)15/h3-5,9-10,13-18,22-24,39-45,75-76H,2,6-8,11-12,19-21,25-30H2,1H3,(H,64,83)(H,65,81)(H,67,82)(H,68,78)(H,69,77)(H,70,88)(H,71,87)(H,72,86)(H,73,85)(H,74,84)(H,79,80)(H4,62,63,66);2-10H2,1H3,(H2,13,15)(H,14,16)/t39-,40-,41-,42-,43-,44-,45-;/m0./s1. The van der Waals surface area contributed by atoms with Gasteiger partial charge in [0.05, 0.1) is 57.3 Å². The van der Waals surface area contributed by atoms with Crippen LogP contribution in [0.1, 0.15) is 95.3 Å². The molecule has 2 bridgehead atoms. The molecule has 4 heterocycles. The lowest BCUT2D eigenvalue weighted by Crippen LogP contribution is -2.60. The second kappa shape index (κ2) is 46.3. The van der Waals surface area contributed by atoms with E-state index in [1.54, 1.807) is 37.3 Å². The van der Waals surface area contributed by atoms with Gasteiger partial charge in [0.15, 0.2) is 11.6 Å². The van der Waals surface area contributed by atoms with Gasteiger partial charge in [0.2, 0.25) is 65.0 Å². The molecule has 4 aromatic carbocycles. The SMILES string of the molecule is CCNC(=O)[C@@H]1CSSC[C@@H]2NC(=O)[C@H](CCCCNC(=O)c3ccc4c(c3)C3(OC4=O)c4ccc(O)cc4Oc4cc(O)ccc43)NC(=O)CSC[C@H](NC(=O)[C@H](CC(=O)O)NC(=O)CNC(=O)[C@H](CCCN=C(N)N)NC2=O)C(=O)N[C@@H](Cc2ccccc2)C(=O)N1.CCOCCOCCOCCNC(=O)COCC(N)=O. The highest BCUT2D eigenvalue weighted by atomic mass is 33.1. The Hall–Kier alpha value is -11.0. The number of carboxylic acid groups (broad SMARTS) is 1. The van der Waals surface area contributed by atoms with Crippen LogP contribution in [0, 0.1) is 0 Å². The van der Waals surface area contributed by atoms with Gasteiger partial charge in [-0.15, -0.1) is 11.8 Å². The monoisotopic (exact) mass is 1650 g/mol. The number of unbranched alkanes of at least 4 members (excludes halogenated alkanes) is 1. The Kier molecular flexibility index (Phi) is 36.6. The predicted molar refractivity (Wildman–Crippen MR) is 415 cm³/mol. The number of benzene rings is 4. The lowest BCUT2D eigenvalue weighted by Gasteiger charge is -2.36. The van der Waals surface area contributed by atoms with Crippen molar-refractivity contribution in [1.29, 1.82) is 0 Å². The summed E-state index contributed by atoms with van der Waals surface area (Å²) in [5.74, 6) is -13.6. The minimum absolute atomic E-state index is 0.00572. The van der Waals surface area contributed by atoms with Gasteiger partial charge >= 0.3 is 11.9 Å². The third kappa shape index (κ3) is 28.3. The van der Waals surface area contributed by atoms with Crippen LogP contribution in [0.25, 0.3) is 0 Å². The van der Waals surface area contributed by atoms with E-state index in [1.165, 1.54) is 54.6 Å². The molecule has 38 nitrogen and oxygen atoms in total. The number of phenolic OH excluding ortho intramolecular Hbond substituents is 2. The molecular weight excluding hydrogens is 1550 g/mol. The summed E-state index contributed by atoms with van der Waals surface area (Å²) in [5, 5.41) is 59.2. The van der Waals surface area contributed by atoms with Crippen LogP contribution < -0.4 is 80.4 Å². The maximum Gasteiger partial charge on any atom is 0.340 e. The van der Waals surface area contributed by atoms with Crippen molar-refractivity contribution in [3.63, 3.8) is 0 Å². The second-order valence-corrected chi connectivity index (χ2v) is 29.3. The predicted octanol–water partition coefficient (Wildman–Crippen LogP) is -2.20. The van der Waals surface area contributed by atoms with E-state index < -0.39 is 149 Å². The number of thioether (sulfide) groups is 1. The van der Waals surface area contributed by atoms with Crippen molar-refractivity contribution in [2.45, 2.75) is 107 Å². The molecule has 41 heteroatoms. The van der Waals surface area contributed by atoms with Gasteiger partial charge in [-0.25, -0.2) is 4.79 Å². The number of nitrogens with two attached hydrogens (primary N) is 3. The number of hydrogen-bond donors (Lipinski definition) is 17. The summed E-state index contributed by atoms with van der Waals surface area (Å²) < 4.78 is 32.5. The first-order valence-corrected chi connectivity index (χ1v) is 40.0. The summed E-state index contributed by atoms with van der Waals surface area (Å²) in [6, 6.07) is 10.7. The molecule has 0 aliphatic carbocycles. The van der Waals surface area contributed by atoms with Crippen LogP contribution in [-0.2, 0) is 93.2 Å².